The van der Waals surface area contributed by atoms with E-state index in [-0.39, 0.29) is 30.3 Å². The van der Waals surface area contributed by atoms with Crippen LogP contribution in [-0.4, -0.2) is 5.78 Å². The van der Waals surface area contributed by atoms with Gasteiger partial charge < -0.3 is 0 Å². The van der Waals surface area contributed by atoms with E-state index in [0.717, 1.165) is 0 Å². The Morgan fingerprint density at radius 1 is 0.792 bits per heavy atom. The predicted molar refractivity (Wildman–Crippen MR) is 75.5 cm³/mol. The molecule has 1 nitrogen and oxygen atoms in total. The van der Waals surface area contributed by atoms with Crippen molar-refractivity contribution < 1.29 is 31.1 Å². The Bertz CT molecular complexity index is 684. The van der Waals surface area contributed by atoms with Crippen LogP contribution in [0.2, 0.25) is 0 Å². The van der Waals surface area contributed by atoms with Gasteiger partial charge in [0, 0.05) is 12.0 Å². The van der Waals surface area contributed by atoms with E-state index in [1.807, 2.05) is 0 Å². The Hall–Kier alpha value is -2.31. The van der Waals surface area contributed by atoms with Crippen molar-refractivity contribution in [2.45, 2.75) is 25.2 Å². The first-order valence-corrected chi connectivity index (χ1v) is 6.94. The molecule has 0 radical (unpaired) electrons. The summed E-state index contributed by atoms with van der Waals surface area (Å²) in [6, 6.07) is 9.38. The summed E-state index contributed by atoms with van der Waals surface area (Å²) < 4.78 is 76.6. The number of carbonyl (C=O) groups excluding carboxylic acids is 1. The van der Waals surface area contributed by atoms with Gasteiger partial charge in [-0.2, -0.15) is 26.3 Å². The van der Waals surface area contributed by atoms with E-state index in [9.17, 15) is 31.1 Å². The number of hydrogen-bond acceptors (Lipinski definition) is 1. The van der Waals surface area contributed by atoms with Gasteiger partial charge >= 0.3 is 12.4 Å². The molecule has 0 fully saturated rings. The summed E-state index contributed by atoms with van der Waals surface area (Å²) in [6.07, 6.45) is -10.2. The topological polar surface area (TPSA) is 17.1 Å². The summed E-state index contributed by atoms with van der Waals surface area (Å²) in [7, 11) is 0. The Kier molecular flexibility index (Phi) is 5.01. The number of halogens is 6. The second kappa shape index (κ2) is 6.67. The van der Waals surface area contributed by atoms with Crippen molar-refractivity contribution in [3.05, 3.63) is 70.8 Å². The summed E-state index contributed by atoms with van der Waals surface area (Å²) in [4.78, 5) is 11.9. The van der Waals surface area contributed by atoms with Crippen molar-refractivity contribution in [1.82, 2.24) is 0 Å². The molecule has 0 saturated heterocycles. The van der Waals surface area contributed by atoms with E-state index < -0.39 is 23.5 Å². The third-order valence-electron chi connectivity index (χ3n) is 3.38. The van der Waals surface area contributed by atoms with Crippen molar-refractivity contribution in [3.8, 4) is 0 Å². The third-order valence-corrected chi connectivity index (χ3v) is 3.38. The summed E-state index contributed by atoms with van der Waals surface area (Å²) in [5, 5.41) is 0. The molecular formula is C17H12F6O. The summed E-state index contributed by atoms with van der Waals surface area (Å²) in [6.45, 7) is 0. The first kappa shape index (κ1) is 18.0. The summed E-state index contributed by atoms with van der Waals surface area (Å²) >= 11 is 0. The van der Waals surface area contributed by atoms with Crippen LogP contribution in [0.3, 0.4) is 0 Å². The van der Waals surface area contributed by atoms with Gasteiger partial charge in [0.2, 0.25) is 0 Å². The van der Waals surface area contributed by atoms with Gasteiger partial charge in [0.15, 0.2) is 5.78 Å². The van der Waals surface area contributed by atoms with Crippen LogP contribution in [0.4, 0.5) is 26.3 Å². The van der Waals surface area contributed by atoms with Crippen LogP contribution < -0.4 is 0 Å². The van der Waals surface area contributed by atoms with Crippen LogP contribution in [-0.2, 0) is 18.8 Å². The molecule has 0 aliphatic rings. The number of benzene rings is 2. The second-order valence-corrected chi connectivity index (χ2v) is 5.20. The molecule has 0 aliphatic carbocycles. The quantitative estimate of drug-likeness (QED) is 0.525. The van der Waals surface area contributed by atoms with Gasteiger partial charge in [-0.1, -0.05) is 30.3 Å². The van der Waals surface area contributed by atoms with Gasteiger partial charge in [0.1, 0.15) is 0 Å². The molecule has 0 spiro atoms. The van der Waals surface area contributed by atoms with Crippen LogP contribution in [0.5, 0.6) is 0 Å². The van der Waals surface area contributed by atoms with Gasteiger partial charge in [-0.05, 0) is 30.2 Å². The van der Waals surface area contributed by atoms with Crippen LogP contribution in [0.15, 0.2) is 48.5 Å². The molecule has 2 aromatic rings. The standard InChI is InChI=1S/C17H12F6O/c18-16(19,20)13-8-11(9-14(10-13)17(21,22)23)6-7-15(24)12-4-2-1-3-5-12/h1-5,8-10H,6-7H2. The number of aryl methyl sites for hydroxylation is 1. The van der Waals surface area contributed by atoms with Crippen molar-refractivity contribution >= 4 is 5.78 Å². The first-order valence-electron chi connectivity index (χ1n) is 6.94. The molecule has 2 aromatic carbocycles. The van der Waals surface area contributed by atoms with E-state index in [1.54, 1.807) is 18.2 Å². The van der Waals surface area contributed by atoms with E-state index in [2.05, 4.69) is 0 Å². The smallest absolute Gasteiger partial charge is 0.294 e. The molecule has 0 bridgehead atoms. The minimum atomic E-state index is -4.89. The SMILES string of the molecule is O=C(CCc1cc(C(F)(F)F)cc(C(F)(F)F)c1)c1ccccc1. The fourth-order valence-electron chi connectivity index (χ4n) is 2.19. The van der Waals surface area contributed by atoms with E-state index in [4.69, 9.17) is 0 Å². The normalized spacial score (nSPS) is 12.2. The summed E-state index contributed by atoms with van der Waals surface area (Å²) in [5.74, 6) is -0.346. The molecule has 7 heteroatoms. The molecule has 0 amide bonds. The van der Waals surface area contributed by atoms with Gasteiger partial charge in [0.25, 0.3) is 0 Å². The van der Waals surface area contributed by atoms with Crippen molar-refractivity contribution in [2.75, 3.05) is 0 Å². The third kappa shape index (κ3) is 4.59. The van der Waals surface area contributed by atoms with E-state index >= 15 is 0 Å². The van der Waals surface area contributed by atoms with Crippen molar-refractivity contribution in [3.63, 3.8) is 0 Å². The largest absolute Gasteiger partial charge is 0.416 e. The average molecular weight is 346 g/mol. The second-order valence-electron chi connectivity index (χ2n) is 5.20. The fraction of sp³-hybridized carbons (Fsp3) is 0.235. The van der Waals surface area contributed by atoms with Crippen molar-refractivity contribution in [2.24, 2.45) is 0 Å². The number of hydrogen-bond donors (Lipinski definition) is 0. The van der Waals surface area contributed by atoms with E-state index in [0.29, 0.717) is 17.7 Å². The number of alkyl halides is 6. The molecule has 24 heavy (non-hydrogen) atoms. The van der Waals surface area contributed by atoms with Gasteiger partial charge in [-0.25, -0.2) is 0 Å². The Labute approximate surface area is 133 Å². The molecule has 0 unspecified atom stereocenters. The van der Waals surface area contributed by atoms with Gasteiger partial charge in [-0.15, -0.1) is 0 Å². The van der Waals surface area contributed by atoms with Crippen LogP contribution >= 0.6 is 0 Å². The molecular weight excluding hydrogens is 334 g/mol. The number of Topliss-reactive ketones (excluding diaryl/α,β-unsaturated/α-hetero) is 1. The lowest BCUT2D eigenvalue weighted by molar-refractivity contribution is -0.143. The minimum Gasteiger partial charge on any atom is -0.294 e. The van der Waals surface area contributed by atoms with Crippen molar-refractivity contribution in [1.29, 1.82) is 0 Å². The van der Waals surface area contributed by atoms with Crippen LogP contribution in [0.25, 0.3) is 0 Å². The van der Waals surface area contributed by atoms with Crippen LogP contribution in [0.1, 0.15) is 33.5 Å². The monoisotopic (exact) mass is 346 g/mol. The zero-order valence-corrected chi connectivity index (χ0v) is 12.2. The van der Waals surface area contributed by atoms with E-state index in [1.165, 1.54) is 12.1 Å². The highest BCUT2D eigenvalue weighted by Gasteiger charge is 2.36. The zero-order valence-electron chi connectivity index (χ0n) is 12.2. The zero-order chi connectivity index (χ0) is 18.0. The highest BCUT2D eigenvalue weighted by atomic mass is 19.4. The Balaban J connectivity index is 2.25. The average Bonchev–Trinajstić information content (AvgIpc) is 2.51. The fourth-order valence-corrected chi connectivity index (χ4v) is 2.19. The maximum Gasteiger partial charge on any atom is 0.416 e. The Morgan fingerprint density at radius 2 is 1.29 bits per heavy atom. The molecule has 0 saturated carbocycles. The first-order chi connectivity index (χ1) is 11.1. The number of ketones is 1. The number of carbonyl (C=O) groups is 1. The predicted octanol–water partition coefficient (Wildman–Crippen LogP) is 5.54. The molecule has 0 heterocycles. The van der Waals surface area contributed by atoms with Gasteiger partial charge in [0.05, 0.1) is 11.1 Å². The maximum absolute atomic E-state index is 12.8. The van der Waals surface area contributed by atoms with Crippen LogP contribution in [0, 0.1) is 0 Å². The molecule has 0 atom stereocenters. The lowest BCUT2D eigenvalue weighted by Crippen LogP contribution is -2.12. The molecule has 128 valence electrons. The highest BCUT2D eigenvalue weighted by molar-refractivity contribution is 5.96. The maximum atomic E-state index is 12.8. The molecule has 0 aromatic heterocycles. The number of rotatable bonds is 4. The minimum absolute atomic E-state index is 0.0719. The van der Waals surface area contributed by atoms with Gasteiger partial charge in [-0.3, -0.25) is 4.79 Å². The lowest BCUT2D eigenvalue weighted by atomic mass is 9.98. The summed E-state index contributed by atoms with van der Waals surface area (Å²) in [5.41, 5.74) is -2.57. The molecule has 0 N–H and O–H groups in total. The Morgan fingerprint density at radius 3 is 1.75 bits per heavy atom. The molecule has 0 aliphatic heterocycles. The lowest BCUT2D eigenvalue weighted by Gasteiger charge is -2.14. The highest BCUT2D eigenvalue weighted by Crippen LogP contribution is 2.36. The molecule has 2 rings (SSSR count).